The van der Waals surface area contributed by atoms with E-state index in [0.717, 1.165) is 18.2 Å². The van der Waals surface area contributed by atoms with E-state index in [1.807, 2.05) is 0 Å². The van der Waals surface area contributed by atoms with Gasteiger partial charge in [-0.05, 0) is 30.2 Å². The van der Waals surface area contributed by atoms with Gasteiger partial charge >= 0.3 is 6.36 Å². The highest BCUT2D eigenvalue weighted by atomic mass is 19.4. The number of alkyl halides is 5. The van der Waals surface area contributed by atoms with Crippen molar-refractivity contribution in [3.05, 3.63) is 29.3 Å². The molecule has 0 fully saturated rings. The Morgan fingerprint density at radius 1 is 1.25 bits per heavy atom. The van der Waals surface area contributed by atoms with Crippen LogP contribution in [0.25, 0.3) is 0 Å². The second-order valence-electron chi connectivity index (χ2n) is 3.06. The molecule has 0 heterocycles. The molecule has 0 saturated heterocycles. The van der Waals surface area contributed by atoms with E-state index < -0.39 is 18.5 Å². The van der Waals surface area contributed by atoms with E-state index in [-0.39, 0.29) is 17.5 Å². The Kier molecular flexibility index (Phi) is 3.72. The van der Waals surface area contributed by atoms with Crippen LogP contribution < -0.4 is 4.74 Å². The predicted octanol–water partition coefficient (Wildman–Crippen LogP) is 4.09. The molecule has 1 rings (SSSR count). The molecule has 0 atom stereocenters. The zero-order valence-corrected chi connectivity index (χ0v) is 8.31. The van der Waals surface area contributed by atoms with Gasteiger partial charge in [-0.1, -0.05) is 6.92 Å². The van der Waals surface area contributed by atoms with Gasteiger partial charge < -0.3 is 4.74 Å². The number of hydrogen-bond donors (Lipinski definition) is 0. The topological polar surface area (TPSA) is 9.23 Å². The number of hydrogen-bond acceptors (Lipinski definition) is 1. The van der Waals surface area contributed by atoms with Crippen molar-refractivity contribution in [2.75, 3.05) is 0 Å². The Morgan fingerprint density at radius 2 is 1.88 bits per heavy atom. The van der Waals surface area contributed by atoms with Gasteiger partial charge in [0, 0.05) is 5.56 Å². The summed E-state index contributed by atoms with van der Waals surface area (Å²) in [6.45, 7) is 1.58. The molecule has 1 nitrogen and oxygen atoms in total. The normalized spacial score (nSPS) is 11.9. The molecule has 0 aliphatic carbocycles. The highest BCUT2D eigenvalue weighted by Crippen LogP contribution is 2.29. The third kappa shape index (κ3) is 3.36. The number of ether oxygens (including phenoxy) is 1. The summed E-state index contributed by atoms with van der Waals surface area (Å²) >= 11 is 0. The number of halogens is 5. The van der Waals surface area contributed by atoms with Gasteiger partial charge in [-0.25, -0.2) is 8.78 Å². The molecule has 0 amide bonds. The minimum Gasteiger partial charge on any atom is -0.406 e. The fourth-order valence-electron chi connectivity index (χ4n) is 1.30. The van der Waals surface area contributed by atoms with E-state index in [4.69, 9.17) is 0 Å². The van der Waals surface area contributed by atoms with Crippen LogP contribution in [0.15, 0.2) is 18.2 Å². The van der Waals surface area contributed by atoms with Crippen LogP contribution >= 0.6 is 0 Å². The summed E-state index contributed by atoms with van der Waals surface area (Å²) < 4.78 is 64.1. The van der Waals surface area contributed by atoms with Crippen molar-refractivity contribution < 1.29 is 26.7 Å². The third-order valence-electron chi connectivity index (χ3n) is 1.96. The molecule has 0 aliphatic heterocycles. The summed E-state index contributed by atoms with van der Waals surface area (Å²) in [5, 5.41) is 0. The van der Waals surface area contributed by atoms with Crippen molar-refractivity contribution in [1.82, 2.24) is 0 Å². The van der Waals surface area contributed by atoms with Crippen molar-refractivity contribution in [2.45, 2.75) is 26.1 Å². The first-order valence-electron chi connectivity index (χ1n) is 4.50. The summed E-state index contributed by atoms with van der Waals surface area (Å²) in [7, 11) is 0. The smallest absolute Gasteiger partial charge is 0.406 e. The summed E-state index contributed by atoms with van der Waals surface area (Å²) in [6.07, 6.45) is -7.29. The Balaban J connectivity index is 3.00. The summed E-state index contributed by atoms with van der Waals surface area (Å²) in [4.78, 5) is 0. The molecule has 0 radical (unpaired) electrons. The number of aryl methyl sites for hydroxylation is 1. The molecule has 0 N–H and O–H groups in total. The van der Waals surface area contributed by atoms with Crippen LogP contribution in [0.4, 0.5) is 22.0 Å². The zero-order valence-electron chi connectivity index (χ0n) is 8.31. The second kappa shape index (κ2) is 4.67. The van der Waals surface area contributed by atoms with Crippen molar-refractivity contribution in [3.8, 4) is 5.75 Å². The molecular formula is C10H9F5O. The Labute approximate surface area is 88.8 Å². The molecule has 16 heavy (non-hydrogen) atoms. The van der Waals surface area contributed by atoms with Gasteiger partial charge in [0.15, 0.2) is 0 Å². The zero-order chi connectivity index (χ0) is 12.3. The lowest BCUT2D eigenvalue weighted by Gasteiger charge is -2.12. The molecule has 0 aromatic heterocycles. The van der Waals surface area contributed by atoms with Crippen LogP contribution in [0.1, 0.15) is 24.5 Å². The van der Waals surface area contributed by atoms with Crippen LogP contribution in [0.5, 0.6) is 5.75 Å². The maximum Gasteiger partial charge on any atom is 0.573 e. The van der Waals surface area contributed by atoms with E-state index in [1.54, 1.807) is 6.92 Å². The highest BCUT2D eigenvalue weighted by molar-refractivity contribution is 5.36. The van der Waals surface area contributed by atoms with E-state index in [9.17, 15) is 22.0 Å². The molecule has 1 aromatic carbocycles. The van der Waals surface area contributed by atoms with Gasteiger partial charge in [-0.15, -0.1) is 13.2 Å². The molecule has 90 valence electrons. The lowest BCUT2D eigenvalue weighted by Crippen LogP contribution is -2.17. The molecular weight excluding hydrogens is 231 g/mol. The van der Waals surface area contributed by atoms with Crippen molar-refractivity contribution in [1.29, 1.82) is 0 Å². The summed E-state index contributed by atoms with van der Waals surface area (Å²) in [5.41, 5.74) is -0.117. The van der Waals surface area contributed by atoms with Crippen LogP contribution in [0.3, 0.4) is 0 Å². The van der Waals surface area contributed by atoms with Gasteiger partial charge in [0.25, 0.3) is 6.43 Å². The van der Waals surface area contributed by atoms with Gasteiger partial charge in [-0.3, -0.25) is 0 Å². The van der Waals surface area contributed by atoms with Crippen molar-refractivity contribution in [2.24, 2.45) is 0 Å². The molecule has 0 bridgehead atoms. The fourth-order valence-corrected chi connectivity index (χ4v) is 1.30. The van der Waals surface area contributed by atoms with E-state index >= 15 is 0 Å². The first-order chi connectivity index (χ1) is 7.33. The van der Waals surface area contributed by atoms with Gasteiger partial charge in [0.05, 0.1) is 0 Å². The highest BCUT2D eigenvalue weighted by Gasteiger charge is 2.31. The second-order valence-corrected chi connectivity index (χ2v) is 3.06. The minimum atomic E-state index is -4.81. The molecule has 6 heteroatoms. The van der Waals surface area contributed by atoms with Gasteiger partial charge in [0.2, 0.25) is 0 Å². The number of rotatable bonds is 3. The standard InChI is InChI=1S/C10H9F5O/c1-2-6-5-7(16-10(13,14)15)3-4-8(6)9(11)12/h3-5,9H,2H2,1H3. The Morgan fingerprint density at radius 3 is 2.31 bits per heavy atom. The lowest BCUT2D eigenvalue weighted by atomic mass is 10.1. The fraction of sp³-hybridized carbons (Fsp3) is 0.400. The van der Waals surface area contributed by atoms with Crippen LogP contribution in [-0.4, -0.2) is 6.36 Å². The van der Waals surface area contributed by atoms with Gasteiger partial charge in [0.1, 0.15) is 5.75 Å². The first-order valence-corrected chi connectivity index (χ1v) is 4.50. The maximum atomic E-state index is 12.4. The quantitative estimate of drug-likeness (QED) is 0.723. The van der Waals surface area contributed by atoms with Crippen molar-refractivity contribution >= 4 is 0 Å². The minimum absolute atomic E-state index is 0.150. The summed E-state index contributed by atoms with van der Waals surface area (Å²) in [6, 6.07) is 2.81. The molecule has 0 saturated carbocycles. The summed E-state index contributed by atoms with van der Waals surface area (Å²) in [5.74, 6) is -0.478. The molecule has 0 aliphatic rings. The SMILES string of the molecule is CCc1cc(OC(F)(F)F)ccc1C(F)F. The van der Waals surface area contributed by atoms with E-state index in [0.29, 0.717) is 0 Å². The maximum absolute atomic E-state index is 12.4. The molecule has 0 unspecified atom stereocenters. The Bertz CT molecular complexity index is 359. The third-order valence-corrected chi connectivity index (χ3v) is 1.96. The molecule has 1 aromatic rings. The predicted molar refractivity (Wildman–Crippen MR) is 47.5 cm³/mol. The average molecular weight is 240 g/mol. The van der Waals surface area contributed by atoms with Crippen LogP contribution in [-0.2, 0) is 6.42 Å². The first kappa shape index (κ1) is 12.7. The Hall–Kier alpha value is -1.33. The molecule has 0 spiro atoms. The van der Waals surface area contributed by atoms with E-state index in [1.165, 1.54) is 0 Å². The van der Waals surface area contributed by atoms with E-state index in [2.05, 4.69) is 4.74 Å². The van der Waals surface area contributed by atoms with Crippen LogP contribution in [0.2, 0.25) is 0 Å². The lowest BCUT2D eigenvalue weighted by molar-refractivity contribution is -0.274. The number of benzene rings is 1. The largest absolute Gasteiger partial charge is 0.573 e. The average Bonchev–Trinajstić information content (AvgIpc) is 2.14. The van der Waals surface area contributed by atoms with Gasteiger partial charge in [-0.2, -0.15) is 0 Å². The monoisotopic (exact) mass is 240 g/mol. The van der Waals surface area contributed by atoms with Crippen molar-refractivity contribution in [3.63, 3.8) is 0 Å². The van der Waals surface area contributed by atoms with Crippen LogP contribution in [0, 0.1) is 0 Å².